The van der Waals surface area contributed by atoms with Crippen molar-refractivity contribution in [2.24, 2.45) is 0 Å². The second-order valence-corrected chi connectivity index (χ2v) is 7.48. The number of thioether (sulfide) groups is 1. The molecule has 0 saturated heterocycles. The molecule has 0 saturated carbocycles. The van der Waals surface area contributed by atoms with E-state index in [1.807, 2.05) is 54.1 Å². The predicted molar refractivity (Wildman–Crippen MR) is 115 cm³/mol. The van der Waals surface area contributed by atoms with E-state index in [-0.39, 0.29) is 11.7 Å². The van der Waals surface area contributed by atoms with E-state index in [1.54, 1.807) is 13.3 Å². The van der Waals surface area contributed by atoms with Crippen LogP contribution in [0.1, 0.15) is 11.1 Å². The first-order valence-corrected chi connectivity index (χ1v) is 10.3. The molecule has 1 N–H and O–H groups in total. The molecule has 1 aromatic heterocycles. The quantitative estimate of drug-likeness (QED) is 0.429. The van der Waals surface area contributed by atoms with Crippen molar-refractivity contribution in [1.29, 1.82) is 0 Å². The summed E-state index contributed by atoms with van der Waals surface area (Å²) in [4.78, 5) is 16.5. The van der Waals surface area contributed by atoms with Crippen molar-refractivity contribution in [3.05, 3.63) is 66.0 Å². The molecule has 0 atom stereocenters. The van der Waals surface area contributed by atoms with Gasteiger partial charge in [0.05, 0.1) is 19.4 Å². The van der Waals surface area contributed by atoms with Gasteiger partial charge in [-0.15, -0.1) is 0 Å². The normalized spacial score (nSPS) is 10.6. The van der Waals surface area contributed by atoms with E-state index in [0.717, 1.165) is 27.9 Å². The maximum atomic E-state index is 12.2. The molecule has 3 aromatic rings. The molecule has 0 aliphatic rings. The lowest BCUT2D eigenvalue weighted by Gasteiger charge is -2.11. The Morgan fingerprint density at radius 3 is 2.69 bits per heavy atom. The standard InChI is InChI=1S/C22H25N3O3S/c1-16-4-9-20(17(2)14-16)28-13-11-23-21(26)15-29-22-24-10-12-25(22)18-5-7-19(27-3)8-6-18/h4-10,12,14H,11,13,15H2,1-3H3,(H,23,26). The zero-order valence-electron chi connectivity index (χ0n) is 16.8. The van der Waals surface area contributed by atoms with Crippen LogP contribution in [0.3, 0.4) is 0 Å². The van der Waals surface area contributed by atoms with Gasteiger partial charge in [0.2, 0.25) is 5.91 Å². The fraction of sp³-hybridized carbons (Fsp3) is 0.273. The number of rotatable bonds is 9. The third-order valence-corrected chi connectivity index (χ3v) is 5.27. The summed E-state index contributed by atoms with van der Waals surface area (Å²) in [6, 6.07) is 13.8. The molecule has 152 valence electrons. The Kier molecular flexibility index (Phi) is 7.19. The molecule has 0 spiro atoms. The van der Waals surface area contributed by atoms with Crippen molar-refractivity contribution >= 4 is 17.7 Å². The maximum absolute atomic E-state index is 12.2. The summed E-state index contributed by atoms with van der Waals surface area (Å²) in [7, 11) is 1.64. The van der Waals surface area contributed by atoms with Crippen LogP contribution in [-0.4, -0.2) is 41.5 Å². The number of aromatic nitrogens is 2. The van der Waals surface area contributed by atoms with Gasteiger partial charge in [-0.1, -0.05) is 29.5 Å². The Balaban J connectivity index is 1.44. The van der Waals surface area contributed by atoms with E-state index in [1.165, 1.54) is 17.3 Å². The van der Waals surface area contributed by atoms with E-state index in [4.69, 9.17) is 9.47 Å². The molecule has 6 nitrogen and oxygen atoms in total. The molecular formula is C22H25N3O3S. The Hall–Kier alpha value is -2.93. The van der Waals surface area contributed by atoms with Crippen LogP contribution in [0.5, 0.6) is 11.5 Å². The van der Waals surface area contributed by atoms with Crippen molar-refractivity contribution in [2.75, 3.05) is 26.0 Å². The maximum Gasteiger partial charge on any atom is 0.230 e. The summed E-state index contributed by atoms with van der Waals surface area (Å²) in [6.07, 6.45) is 3.60. The van der Waals surface area contributed by atoms with Crippen molar-refractivity contribution < 1.29 is 14.3 Å². The van der Waals surface area contributed by atoms with Crippen LogP contribution in [-0.2, 0) is 4.79 Å². The first-order valence-electron chi connectivity index (χ1n) is 9.34. The third kappa shape index (κ3) is 5.77. The minimum atomic E-state index is -0.0523. The zero-order valence-corrected chi connectivity index (χ0v) is 17.7. The van der Waals surface area contributed by atoms with Gasteiger partial charge in [0, 0.05) is 18.1 Å². The number of aryl methyl sites for hydroxylation is 2. The van der Waals surface area contributed by atoms with E-state index in [9.17, 15) is 4.79 Å². The number of ether oxygens (including phenoxy) is 2. The third-order valence-electron chi connectivity index (χ3n) is 4.30. The Morgan fingerprint density at radius 2 is 1.97 bits per heavy atom. The van der Waals surface area contributed by atoms with E-state index in [0.29, 0.717) is 13.2 Å². The van der Waals surface area contributed by atoms with Gasteiger partial charge in [-0.25, -0.2) is 4.98 Å². The van der Waals surface area contributed by atoms with Gasteiger partial charge in [-0.05, 0) is 49.7 Å². The highest BCUT2D eigenvalue weighted by molar-refractivity contribution is 7.99. The Bertz CT molecular complexity index is 954. The van der Waals surface area contributed by atoms with Crippen molar-refractivity contribution in [3.8, 4) is 17.2 Å². The summed E-state index contributed by atoms with van der Waals surface area (Å²) < 4.78 is 12.9. The van der Waals surface area contributed by atoms with Crippen molar-refractivity contribution in [1.82, 2.24) is 14.9 Å². The molecular weight excluding hydrogens is 386 g/mol. The predicted octanol–water partition coefficient (Wildman–Crippen LogP) is 3.79. The van der Waals surface area contributed by atoms with Crippen LogP contribution in [0.4, 0.5) is 0 Å². The minimum absolute atomic E-state index is 0.0523. The van der Waals surface area contributed by atoms with Crippen LogP contribution in [0.25, 0.3) is 5.69 Å². The molecule has 29 heavy (non-hydrogen) atoms. The van der Waals surface area contributed by atoms with Gasteiger partial charge in [0.15, 0.2) is 5.16 Å². The molecule has 0 bridgehead atoms. The van der Waals surface area contributed by atoms with E-state index in [2.05, 4.69) is 23.3 Å². The number of benzene rings is 2. The number of imidazole rings is 1. The lowest BCUT2D eigenvalue weighted by atomic mass is 10.1. The number of carbonyl (C=O) groups excluding carboxylic acids is 1. The molecule has 0 fully saturated rings. The highest BCUT2D eigenvalue weighted by Gasteiger charge is 2.09. The van der Waals surface area contributed by atoms with Crippen LogP contribution in [0.2, 0.25) is 0 Å². The zero-order chi connectivity index (χ0) is 20.6. The minimum Gasteiger partial charge on any atom is -0.497 e. The molecule has 0 aliphatic carbocycles. The molecule has 3 rings (SSSR count). The average Bonchev–Trinajstić information content (AvgIpc) is 3.19. The number of amides is 1. The topological polar surface area (TPSA) is 65.4 Å². The van der Waals surface area contributed by atoms with Crippen LogP contribution >= 0.6 is 11.8 Å². The van der Waals surface area contributed by atoms with Gasteiger partial charge in [-0.2, -0.15) is 0 Å². The van der Waals surface area contributed by atoms with Gasteiger partial charge < -0.3 is 14.8 Å². The summed E-state index contributed by atoms with van der Waals surface area (Å²) >= 11 is 1.39. The second kappa shape index (κ2) is 10.0. The Labute approximate surface area is 175 Å². The summed E-state index contributed by atoms with van der Waals surface area (Å²) in [5.74, 6) is 1.88. The smallest absolute Gasteiger partial charge is 0.230 e. The number of carbonyl (C=O) groups is 1. The fourth-order valence-electron chi connectivity index (χ4n) is 2.83. The summed E-state index contributed by atoms with van der Waals surface area (Å²) in [5, 5.41) is 3.64. The van der Waals surface area contributed by atoms with Crippen LogP contribution < -0.4 is 14.8 Å². The lowest BCUT2D eigenvalue weighted by molar-refractivity contribution is -0.118. The lowest BCUT2D eigenvalue weighted by Crippen LogP contribution is -2.29. The first-order chi connectivity index (χ1) is 14.1. The number of methoxy groups -OCH3 is 1. The van der Waals surface area contributed by atoms with Crippen molar-refractivity contribution in [2.45, 2.75) is 19.0 Å². The fourth-order valence-corrected chi connectivity index (χ4v) is 3.63. The van der Waals surface area contributed by atoms with Gasteiger partial charge in [-0.3, -0.25) is 9.36 Å². The number of hydrogen-bond donors (Lipinski definition) is 1. The molecule has 0 aliphatic heterocycles. The number of nitrogens with one attached hydrogen (secondary N) is 1. The first kappa shape index (κ1) is 20.8. The molecule has 0 unspecified atom stereocenters. The highest BCUT2D eigenvalue weighted by Crippen LogP contribution is 2.22. The molecule has 7 heteroatoms. The summed E-state index contributed by atoms with van der Waals surface area (Å²) in [6.45, 7) is 4.96. The highest BCUT2D eigenvalue weighted by atomic mass is 32.2. The largest absolute Gasteiger partial charge is 0.497 e. The Morgan fingerprint density at radius 1 is 1.17 bits per heavy atom. The van der Waals surface area contributed by atoms with E-state index >= 15 is 0 Å². The summed E-state index contributed by atoms with van der Waals surface area (Å²) in [5.41, 5.74) is 3.26. The molecule has 1 amide bonds. The van der Waals surface area contributed by atoms with Crippen LogP contribution in [0.15, 0.2) is 60.0 Å². The molecule has 2 aromatic carbocycles. The monoisotopic (exact) mass is 411 g/mol. The van der Waals surface area contributed by atoms with Crippen LogP contribution in [0, 0.1) is 13.8 Å². The number of nitrogens with zero attached hydrogens (tertiary/aromatic N) is 2. The molecule has 0 radical (unpaired) electrons. The van der Waals surface area contributed by atoms with E-state index < -0.39 is 0 Å². The van der Waals surface area contributed by atoms with Gasteiger partial charge >= 0.3 is 0 Å². The van der Waals surface area contributed by atoms with Crippen molar-refractivity contribution in [3.63, 3.8) is 0 Å². The molecule has 1 heterocycles. The van der Waals surface area contributed by atoms with Gasteiger partial charge in [0.1, 0.15) is 18.1 Å². The average molecular weight is 412 g/mol. The van der Waals surface area contributed by atoms with Gasteiger partial charge in [0.25, 0.3) is 0 Å². The SMILES string of the molecule is COc1ccc(-n2ccnc2SCC(=O)NCCOc2ccc(C)cc2C)cc1. The number of hydrogen-bond acceptors (Lipinski definition) is 5. The second-order valence-electron chi connectivity index (χ2n) is 6.53.